The zero-order valence-electron chi connectivity index (χ0n) is 11.2. The minimum Gasteiger partial charge on any atom is -0.480 e. The highest BCUT2D eigenvalue weighted by molar-refractivity contribution is 7.07. The van der Waals surface area contributed by atoms with E-state index in [1.54, 1.807) is 10.4 Å². The van der Waals surface area contributed by atoms with E-state index in [9.17, 15) is 14.7 Å². The van der Waals surface area contributed by atoms with E-state index in [-0.39, 0.29) is 11.8 Å². The Balaban J connectivity index is 1.65. The number of aryl methyl sites for hydroxylation is 1. The first-order valence-electron chi connectivity index (χ1n) is 7.06. The Bertz CT molecular complexity index is 503. The summed E-state index contributed by atoms with van der Waals surface area (Å²) in [4.78, 5) is 29.6. The van der Waals surface area contributed by atoms with Crippen molar-refractivity contribution in [3.8, 4) is 0 Å². The minimum atomic E-state index is -0.846. The quantitative estimate of drug-likeness (QED) is 0.919. The number of thiazole rings is 1. The summed E-state index contributed by atoms with van der Waals surface area (Å²) >= 11 is 1.51. The lowest BCUT2D eigenvalue weighted by molar-refractivity contribution is -0.149. The van der Waals surface area contributed by atoms with Crippen LogP contribution in [0.4, 0.5) is 0 Å². The first-order valence-corrected chi connectivity index (χ1v) is 8.00. The van der Waals surface area contributed by atoms with Gasteiger partial charge in [-0.05, 0) is 31.1 Å². The summed E-state index contributed by atoms with van der Waals surface area (Å²) in [6.45, 7) is 0.623. The molecule has 2 aliphatic rings. The number of fused-ring (bicyclic) bond motifs is 1. The molecule has 3 rings (SSSR count). The SMILES string of the molecule is O=C(O)C1C2CCCC2CN1C(=O)CCc1cscn1. The molecule has 1 amide bonds. The zero-order chi connectivity index (χ0) is 14.1. The molecule has 108 valence electrons. The van der Waals surface area contributed by atoms with Crippen LogP contribution in [-0.2, 0) is 16.0 Å². The third-order valence-corrected chi connectivity index (χ3v) is 5.18. The maximum Gasteiger partial charge on any atom is 0.326 e. The molecular formula is C14H18N2O3S. The van der Waals surface area contributed by atoms with Crippen molar-refractivity contribution in [3.63, 3.8) is 0 Å². The number of carboxylic acids is 1. The Kier molecular flexibility index (Phi) is 3.74. The molecule has 0 aromatic carbocycles. The second-order valence-electron chi connectivity index (χ2n) is 5.66. The third-order valence-electron chi connectivity index (χ3n) is 4.54. The van der Waals surface area contributed by atoms with E-state index < -0.39 is 12.0 Å². The monoisotopic (exact) mass is 294 g/mol. The van der Waals surface area contributed by atoms with Crippen LogP contribution in [0, 0.1) is 11.8 Å². The van der Waals surface area contributed by atoms with Crippen LogP contribution in [0.5, 0.6) is 0 Å². The van der Waals surface area contributed by atoms with Crippen LogP contribution in [0.3, 0.4) is 0 Å². The molecule has 3 atom stereocenters. The standard InChI is InChI=1S/C14H18N2O3S/c17-12(5-4-10-7-20-8-15-10)16-6-9-2-1-3-11(9)13(16)14(18)19/h7-9,11,13H,1-6H2,(H,18,19). The van der Waals surface area contributed by atoms with E-state index in [0.717, 1.165) is 25.0 Å². The van der Waals surface area contributed by atoms with Crippen molar-refractivity contribution in [2.24, 2.45) is 11.8 Å². The van der Waals surface area contributed by atoms with E-state index in [1.165, 1.54) is 11.3 Å². The average Bonchev–Trinajstić information content (AvgIpc) is 3.10. The summed E-state index contributed by atoms with van der Waals surface area (Å²) in [7, 11) is 0. The molecule has 0 spiro atoms. The van der Waals surface area contributed by atoms with Gasteiger partial charge in [0.2, 0.25) is 5.91 Å². The van der Waals surface area contributed by atoms with Gasteiger partial charge in [-0.25, -0.2) is 9.78 Å². The van der Waals surface area contributed by atoms with Crippen LogP contribution in [0.15, 0.2) is 10.9 Å². The molecule has 20 heavy (non-hydrogen) atoms. The number of carboxylic acid groups (broad SMARTS) is 1. The van der Waals surface area contributed by atoms with E-state index >= 15 is 0 Å². The molecule has 1 saturated heterocycles. The van der Waals surface area contributed by atoms with Gasteiger partial charge in [-0.2, -0.15) is 0 Å². The number of amides is 1. The van der Waals surface area contributed by atoms with Crippen molar-refractivity contribution in [3.05, 3.63) is 16.6 Å². The van der Waals surface area contributed by atoms with E-state index in [1.807, 2.05) is 5.38 Å². The Morgan fingerprint density at radius 3 is 3.00 bits per heavy atom. The van der Waals surface area contributed by atoms with E-state index in [4.69, 9.17) is 0 Å². The zero-order valence-corrected chi connectivity index (χ0v) is 12.0. The highest BCUT2D eigenvalue weighted by Crippen LogP contribution is 2.42. The largest absolute Gasteiger partial charge is 0.480 e. The summed E-state index contributed by atoms with van der Waals surface area (Å²) in [6, 6.07) is -0.606. The Morgan fingerprint density at radius 2 is 2.30 bits per heavy atom. The number of aromatic nitrogens is 1. The Hall–Kier alpha value is -1.43. The molecule has 2 fully saturated rings. The molecular weight excluding hydrogens is 276 g/mol. The normalized spacial score (nSPS) is 28.6. The topological polar surface area (TPSA) is 70.5 Å². The predicted molar refractivity (Wildman–Crippen MR) is 74.4 cm³/mol. The maximum absolute atomic E-state index is 12.3. The lowest BCUT2D eigenvalue weighted by atomic mass is 9.94. The fraction of sp³-hybridized carbons (Fsp3) is 0.643. The van der Waals surface area contributed by atoms with Gasteiger partial charge in [0.25, 0.3) is 0 Å². The number of carbonyl (C=O) groups is 2. The minimum absolute atomic E-state index is 0.0419. The van der Waals surface area contributed by atoms with Crippen molar-refractivity contribution >= 4 is 23.2 Å². The van der Waals surface area contributed by atoms with Gasteiger partial charge in [0.05, 0.1) is 11.2 Å². The first-order chi connectivity index (χ1) is 9.66. The number of carbonyl (C=O) groups excluding carboxylic acids is 1. The molecule has 2 heterocycles. The number of hydrogen-bond donors (Lipinski definition) is 1. The van der Waals surface area contributed by atoms with E-state index in [2.05, 4.69) is 4.98 Å². The molecule has 1 aromatic rings. The van der Waals surface area contributed by atoms with Gasteiger partial charge in [0.1, 0.15) is 6.04 Å². The summed E-state index contributed by atoms with van der Waals surface area (Å²) in [5.74, 6) is -0.337. The highest BCUT2D eigenvalue weighted by Gasteiger charge is 2.49. The van der Waals surface area contributed by atoms with Gasteiger partial charge < -0.3 is 10.0 Å². The molecule has 6 heteroatoms. The molecule has 1 saturated carbocycles. The molecule has 1 aliphatic carbocycles. The molecule has 3 unspecified atom stereocenters. The fourth-order valence-corrected chi connectivity index (χ4v) is 4.21. The predicted octanol–water partition coefficient (Wildman–Crippen LogP) is 1.79. The fourth-order valence-electron chi connectivity index (χ4n) is 3.62. The van der Waals surface area contributed by atoms with Crippen LogP contribution >= 0.6 is 11.3 Å². The van der Waals surface area contributed by atoms with Crippen LogP contribution in [0.2, 0.25) is 0 Å². The molecule has 1 aliphatic heterocycles. The number of likely N-dealkylation sites (tertiary alicyclic amines) is 1. The smallest absolute Gasteiger partial charge is 0.326 e. The average molecular weight is 294 g/mol. The number of aliphatic carboxylic acids is 1. The first kappa shape index (κ1) is 13.5. The van der Waals surface area contributed by atoms with Crippen LogP contribution in [0.1, 0.15) is 31.4 Å². The van der Waals surface area contributed by atoms with Crippen molar-refractivity contribution in [1.29, 1.82) is 0 Å². The second-order valence-corrected chi connectivity index (χ2v) is 6.38. The highest BCUT2D eigenvalue weighted by atomic mass is 32.1. The van der Waals surface area contributed by atoms with Crippen molar-refractivity contribution in [2.75, 3.05) is 6.54 Å². The molecule has 1 N–H and O–H groups in total. The Labute approximate surface area is 121 Å². The summed E-state index contributed by atoms with van der Waals surface area (Å²) < 4.78 is 0. The molecule has 0 radical (unpaired) electrons. The lowest BCUT2D eigenvalue weighted by Gasteiger charge is -2.24. The summed E-state index contributed by atoms with van der Waals surface area (Å²) in [6.07, 6.45) is 4.05. The number of hydrogen-bond acceptors (Lipinski definition) is 4. The van der Waals surface area contributed by atoms with Crippen LogP contribution < -0.4 is 0 Å². The van der Waals surface area contributed by atoms with Crippen molar-refractivity contribution in [2.45, 2.75) is 38.1 Å². The van der Waals surface area contributed by atoms with Gasteiger partial charge in [0, 0.05) is 18.3 Å². The molecule has 0 bridgehead atoms. The van der Waals surface area contributed by atoms with Crippen molar-refractivity contribution in [1.82, 2.24) is 9.88 Å². The van der Waals surface area contributed by atoms with Crippen LogP contribution in [-0.4, -0.2) is 39.5 Å². The molecule has 1 aromatic heterocycles. The summed E-state index contributed by atoms with van der Waals surface area (Å²) in [5.41, 5.74) is 2.66. The number of nitrogens with zero attached hydrogens (tertiary/aromatic N) is 2. The Morgan fingerprint density at radius 1 is 1.45 bits per heavy atom. The van der Waals surface area contributed by atoms with E-state index in [0.29, 0.717) is 25.3 Å². The van der Waals surface area contributed by atoms with Gasteiger partial charge >= 0.3 is 5.97 Å². The van der Waals surface area contributed by atoms with Gasteiger partial charge in [-0.1, -0.05) is 6.42 Å². The summed E-state index contributed by atoms with van der Waals surface area (Å²) in [5, 5.41) is 11.4. The second kappa shape index (κ2) is 5.52. The third kappa shape index (κ3) is 2.44. The van der Waals surface area contributed by atoms with Crippen molar-refractivity contribution < 1.29 is 14.7 Å². The lowest BCUT2D eigenvalue weighted by Crippen LogP contribution is -2.43. The van der Waals surface area contributed by atoms with Crippen LogP contribution in [0.25, 0.3) is 0 Å². The van der Waals surface area contributed by atoms with Gasteiger partial charge in [-0.3, -0.25) is 4.79 Å². The number of rotatable bonds is 4. The van der Waals surface area contributed by atoms with Gasteiger partial charge in [0.15, 0.2) is 0 Å². The molecule has 5 nitrogen and oxygen atoms in total. The maximum atomic E-state index is 12.3. The van der Waals surface area contributed by atoms with Gasteiger partial charge in [-0.15, -0.1) is 11.3 Å².